The van der Waals surface area contributed by atoms with Crippen molar-refractivity contribution in [1.82, 2.24) is 5.32 Å². The normalized spacial score (nSPS) is 12.8. The SMILES string of the molecule is CCCCCCCC(C)NCCCOCCCC. The largest absolute Gasteiger partial charge is 0.381 e. The summed E-state index contributed by atoms with van der Waals surface area (Å²) < 4.78 is 5.54. The molecule has 0 aromatic rings. The summed E-state index contributed by atoms with van der Waals surface area (Å²) in [6.45, 7) is 9.72. The third-order valence-corrected chi connectivity index (χ3v) is 3.34. The lowest BCUT2D eigenvalue weighted by molar-refractivity contribution is 0.128. The van der Waals surface area contributed by atoms with Crippen molar-refractivity contribution in [2.75, 3.05) is 19.8 Å². The molecule has 0 aliphatic rings. The summed E-state index contributed by atoms with van der Waals surface area (Å²) in [6.07, 6.45) is 11.8. The topological polar surface area (TPSA) is 21.3 Å². The fraction of sp³-hybridized carbons (Fsp3) is 1.00. The highest BCUT2D eigenvalue weighted by atomic mass is 16.5. The Balaban J connectivity index is 3.09. The number of rotatable bonds is 14. The van der Waals surface area contributed by atoms with Gasteiger partial charge in [-0.25, -0.2) is 0 Å². The molecule has 2 nitrogen and oxygen atoms in total. The Bertz CT molecular complexity index is 150. The lowest BCUT2D eigenvalue weighted by atomic mass is 10.1. The van der Waals surface area contributed by atoms with Crippen molar-refractivity contribution in [3.63, 3.8) is 0 Å². The molecule has 0 rings (SSSR count). The predicted octanol–water partition coefficient (Wildman–Crippen LogP) is 4.53. The van der Waals surface area contributed by atoms with Crippen LogP contribution in [0.15, 0.2) is 0 Å². The quantitative estimate of drug-likeness (QED) is 0.462. The Labute approximate surface area is 115 Å². The number of hydrogen-bond donors (Lipinski definition) is 1. The van der Waals surface area contributed by atoms with Gasteiger partial charge in [-0.2, -0.15) is 0 Å². The maximum atomic E-state index is 5.54. The van der Waals surface area contributed by atoms with Gasteiger partial charge in [-0.3, -0.25) is 0 Å². The molecule has 0 bridgehead atoms. The summed E-state index contributed by atoms with van der Waals surface area (Å²) in [5, 5.41) is 3.58. The van der Waals surface area contributed by atoms with E-state index in [-0.39, 0.29) is 0 Å². The Morgan fingerprint density at radius 2 is 1.50 bits per heavy atom. The third-order valence-electron chi connectivity index (χ3n) is 3.34. The van der Waals surface area contributed by atoms with Gasteiger partial charge in [-0.1, -0.05) is 52.4 Å². The van der Waals surface area contributed by atoms with E-state index in [2.05, 4.69) is 26.1 Å². The summed E-state index contributed by atoms with van der Waals surface area (Å²) in [6, 6.07) is 0.669. The van der Waals surface area contributed by atoms with E-state index in [1.165, 1.54) is 51.4 Å². The molecule has 0 aromatic heterocycles. The van der Waals surface area contributed by atoms with Crippen LogP contribution >= 0.6 is 0 Å². The van der Waals surface area contributed by atoms with Gasteiger partial charge >= 0.3 is 0 Å². The summed E-state index contributed by atoms with van der Waals surface area (Å²) in [5.74, 6) is 0. The maximum absolute atomic E-state index is 5.54. The van der Waals surface area contributed by atoms with Crippen LogP contribution in [0.25, 0.3) is 0 Å². The van der Waals surface area contributed by atoms with Gasteiger partial charge in [0.25, 0.3) is 0 Å². The van der Waals surface area contributed by atoms with Crippen LogP contribution in [0, 0.1) is 0 Å². The fourth-order valence-corrected chi connectivity index (χ4v) is 2.03. The summed E-state index contributed by atoms with van der Waals surface area (Å²) in [5.41, 5.74) is 0. The van der Waals surface area contributed by atoms with E-state index >= 15 is 0 Å². The van der Waals surface area contributed by atoms with Gasteiger partial charge in [-0.05, 0) is 32.7 Å². The summed E-state index contributed by atoms with van der Waals surface area (Å²) in [7, 11) is 0. The van der Waals surface area contributed by atoms with Crippen LogP contribution in [-0.4, -0.2) is 25.8 Å². The van der Waals surface area contributed by atoms with E-state index in [9.17, 15) is 0 Å². The predicted molar refractivity (Wildman–Crippen MR) is 81.2 cm³/mol. The van der Waals surface area contributed by atoms with Gasteiger partial charge in [0.15, 0.2) is 0 Å². The van der Waals surface area contributed by atoms with Crippen LogP contribution < -0.4 is 5.32 Å². The molecule has 110 valence electrons. The molecule has 0 spiro atoms. The molecule has 18 heavy (non-hydrogen) atoms. The van der Waals surface area contributed by atoms with E-state index in [0.717, 1.165) is 26.2 Å². The molecule has 0 heterocycles. The second-order valence-electron chi connectivity index (χ2n) is 5.38. The van der Waals surface area contributed by atoms with Crippen LogP contribution in [0.2, 0.25) is 0 Å². The zero-order valence-electron chi connectivity index (χ0n) is 13.0. The molecule has 0 saturated carbocycles. The van der Waals surface area contributed by atoms with Crippen LogP contribution in [0.4, 0.5) is 0 Å². The second kappa shape index (κ2) is 15.0. The van der Waals surface area contributed by atoms with Gasteiger partial charge in [0.2, 0.25) is 0 Å². The summed E-state index contributed by atoms with van der Waals surface area (Å²) in [4.78, 5) is 0. The third kappa shape index (κ3) is 14.0. The average molecular weight is 257 g/mol. The average Bonchev–Trinajstić information content (AvgIpc) is 2.37. The van der Waals surface area contributed by atoms with Crippen molar-refractivity contribution in [2.24, 2.45) is 0 Å². The lowest BCUT2D eigenvalue weighted by Gasteiger charge is -2.13. The van der Waals surface area contributed by atoms with Crippen molar-refractivity contribution in [1.29, 1.82) is 0 Å². The molecule has 0 fully saturated rings. The molecule has 0 radical (unpaired) electrons. The van der Waals surface area contributed by atoms with E-state index in [1.54, 1.807) is 0 Å². The highest BCUT2D eigenvalue weighted by Crippen LogP contribution is 2.06. The molecule has 0 saturated heterocycles. The minimum Gasteiger partial charge on any atom is -0.381 e. The first-order valence-electron chi connectivity index (χ1n) is 8.12. The van der Waals surface area contributed by atoms with Gasteiger partial charge in [0.1, 0.15) is 0 Å². The number of ether oxygens (including phenoxy) is 1. The van der Waals surface area contributed by atoms with Crippen LogP contribution in [0.1, 0.15) is 78.6 Å². The zero-order chi connectivity index (χ0) is 13.5. The highest BCUT2D eigenvalue weighted by Gasteiger charge is 2.00. The molecular weight excluding hydrogens is 222 g/mol. The molecule has 2 heteroatoms. The minimum absolute atomic E-state index is 0.669. The van der Waals surface area contributed by atoms with E-state index in [0.29, 0.717) is 6.04 Å². The first-order chi connectivity index (χ1) is 8.81. The van der Waals surface area contributed by atoms with Crippen molar-refractivity contribution in [3.8, 4) is 0 Å². The second-order valence-corrected chi connectivity index (χ2v) is 5.38. The van der Waals surface area contributed by atoms with Crippen LogP contribution in [0.3, 0.4) is 0 Å². The fourth-order valence-electron chi connectivity index (χ4n) is 2.03. The van der Waals surface area contributed by atoms with E-state index in [1.807, 2.05) is 0 Å². The molecule has 0 aliphatic carbocycles. The Kier molecular flexibility index (Phi) is 14.9. The highest BCUT2D eigenvalue weighted by molar-refractivity contribution is 4.60. The number of nitrogens with one attached hydrogen (secondary N) is 1. The Morgan fingerprint density at radius 3 is 2.22 bits per heavy atom. The number of unbranched alkanes of at least 4 members (excludes halogenated alkanes) is 5. The van der Waals surface area contributed by atoms with E-state index < -0.39 is 0 Å². The zero-order valence-corrected chi connectivity index (χ0v) is 13.0. The van der Waals surface area contributed by atoms with Crippen molar-refractivity contribution in [2.45, 2.75) is 84.6 Å². The molecular formula is C16H35NO. The minimum atomic E-state index is 0.669. The molecule has 0 amide bonds. The Morgan fingerprint density at radius 1 is 0.833 bits per heavy atom. The van der Waals surface area contributed by atoms with Crippen molar-refractivity contribution >= 4 is 0 Å². The van der Waals surface area contributed by atoms with Crippen LogP contribution in [-0.2, 0) is 4.74 Å². The maximum Gasteiger partial charge on any atom is 0.0478 e. The van der Waals surface area contributed by atoms with E-state index in [4.69, 9.17) is 4.74 Å². The lowest BCUT2D eigenvalue weighted by Crippen LogP contribution is -2.27. The Hall–Kier alpha value is -0.0800. The van der Waals surface area contributed by atoms with Crippen LogP contribution in [0.5, 0.6) is 0 Å². The molecule has 1 N–H and O–H groups in total. The smallest absolute Gasteiger partial charge is 0.0478 e. The van der Waals surface area contributed by atoms with Gasteiger partial charge in [-0.15, -0.1) is 0 Å². The molecule has 1 unspecified atom stereocenters. The summed E-state index contributed by atoms with van der Waals surface area (Å²) >= 11 is 0. The van der Waals surface area contributed by atoms with Gasteiger partial charge < -0.3 is 10.1 Å². The molecule has 1 atom stereocenters. The van der Waals surface area contributed by atoms with Gasteiger partial charge in [0.05, 0.1) is 0 Å². The monoisotopic (exact) mass is 257 g/mol. The molecule has 0 aliphatic heterocycles. The van der Waals surface area contributed by atoms with Gasteiger partial charge in [0, 0.05) is 19.3 Å². The standard InChI is InChI=1S/C16H35NO/c1-4-6-8-9-10-12-16(3)17-13-11-15-18-14-7-5-2/h16-17H,4-15H2,1-3H3. The first kappa shape index (κ1) is 17.9. The molecule has 0 aromatic carbocycles. The van der Waals surface area contributed by atoms with Crippen molar-refractivity contribution in [3.05, 3.63) is 0 Å². The van der Waals surface area contributed by atoms with Crippen molar-refractivity contribution < 1.29 is 4.74 Å². The first-order valence-corrected chi connectivity index (χ1v) is 8.12. The number of hydrogen-bond acceptors (Lipinski definition) is 2.